The fourth-order valence-corrected chi connectivity index (χ4v) is 4.68. The van der Waals surface area contributed by atoms with Crippen LogP contribution in [0.2, 0.25) is 0 Å². The minimum absolute atomic E-state index is 0.0333. The van der Waals surface area contributed by atoms with Gasteiger partial charge >= 0.3 is 0 Å². The van der Waals surface area contributed by atoms with Crippen LogP contribution in [-0.2, 0) is 17.8 Å². The summed E-state index contributed by atoms with van der Waals surface area (Å²) < 4.78 is 16.6. The molecular weight excluding hydrogens is 404 g/mol. The Morgan fingerprint density at radius 3 is 2.38 bits per heavy atom. The van der Waals surface area contributed by atoms with Crippen molar-refractivity contribution in [2.45, 2.75) is 38.3 Å². The minimum atomic E-state index is 0.0333. The second kappa shape index (κ2) is 10.1. The average Bonchev–Trinajstić information content (AvgIpc) is 2.84. The molecule has 1 N–H and O–H groups in total. The second-order valence-corrected chi connectivity index (χ2v) is 8.39. The Morgan fingerprint density at radius 1 is 1.00 bits per heavy atom. The van der Waals surface area contributed by atoms with E-state index in [-0.39, 0.29) is 11.9 Å². The Kier molecular flexibility index (Phi) is 7.00. The molecular formula is C26H32N2O4. The van der Waals surface area contributed by atoms with Crippen molar-refractivity contribution in [3.05, 3.63) is 58.7 Å². The molecule has 0 atom stereocenters. The zero-order chi connectivity index (χ0) is 22.5. The number of carbonyl (C=O) groups excluding carboxylic acids is 1. The van der Waals surface area contributed by atoms with Gasteiger partial charge in [0, 0.05) is 36.8 Å². The molecule has 4 rings (SSSR count). The minimum Gasteiger partial charge on any atom is -0.493 e. The monoisotopic (exact) mass is 436 g/mol. The molecule has 2 aromatic rings. The van der Waals surface area contributed by atoms with Gasteiger partial charge in [0.05, 0.1) is 21.3 Å². The van der Waals surface area contributed by atoms with Crippen molar-refractivity contribution in [1.29, 1.82) is 0 Å². The predicted molar refractivity (Wildman–Crippen MR) is 125 cm³/mol. The van der Waals surface area contributed by atoms with Crippen LogP contribution in [0, 0.1) is 0 Å². The quantitative estimate of drug-likeness (QED) is 0.715. The molecule has 0 radical (unpaired) electrons. The fourth-order valence-electron chi connectivity index (χ4n) is 4.68. The number of hydrogen-bond acceptors (Lipinski definition) is 5. The maximum atomic E-state index is 13.0. The molecule has 1 fully saturated rings. The van der Waals surface area contributed by atoms with Gasteiger partial charge in [0.1, 0.15) is 0 Å². The topological polar surface area (TPSA) is 60.0 Å². The first-order valence-electron chi connectivity index (χ1n) is 11.2. The highest BCUT2D eigenvalue weighted by Gasteiger charge is 2.26. The van der Waals surface area contributed by atoms with E-state index in [1.54, 1.807) is 21.3 Å². The highest BCUT2D eigenvalue weighted by atomic mass is 16.5. The highest BCUT2D eigenvalue weighted by molar-refractivity contribution is 5.99. The van der Waals surface area contributed by atoms with Crippen molar-refractivity contribution in [2.75, 3.05) is 34.4 Å². The van der Waals surface area contributed by atoms with Gasteiger partial charge in [-0.25, -0.2) is 0 Å². The van der Waals surface area contributed by atoms with Crippen LogP contribution >= 0.6 is 0 Å². The van der Waals surface area contributed by atoms with Crippen LogP contribution in [0.3, 0.4) is 0 Å². The molecule has 6 heteroatoms. The number of nitrogens with zero attached hydrogens (tertiary/aromatic N) is 1. The van der Waals surface area contributed by atoms with Crippen LogP contribution in [0.25, 0.3) is 6.08 Å². The summed E-state index contributed by atoms with van der Waals surface area (Å²) in [4.78, 5) is 15.5. The van der Waals surface area contributed by atoms with Crippen molar-refractivity contribution in [3.8, 4) is 17.2 Å². The van der Waals surface area contributed by atoms with E-state index in [0.717, 1.165) is 55.6 Å². The van der Waals surface area contributed by atoms with Crippen LogP contribution in [0.15, 0.2) is 42.0 Å². The zero-order valence-corrected chi connectivity index (χ0v) is 19.1. The summed E-state index contributed by atoms with van der Waals surface area (Å²) in [5, 5.41) is 3.26. The molecule has 2 aromatic carbocycles. The van der Waals surface area contributed by atoms with E-state index >= 15 is 0 Å². The van der Waals surface area contributed by atoms with Crippen LogP contribution in [0.5, 0.6) is 17.2 Å². The number of ether oxygens (including phenoxy) is 3. The second-order valence-electron chi connectivity index (χ2n) is 8.39. The number of benzene rings is 2. The van der Waals surface area contributed by atoms with Crippen molar-refractivity contribution in [2.24, 2.45) is 0 Å². The molecule has 1 saturated heterocycles. The van der Waals surface area contributed by atoms with Gasteiger partial charge in [0.15, 0.2) is 11.5 Å². The number of amides is 1. The zero-order valence-electron chi connectivity index (χ0n) is 19.1. The van der Waals surface area contributed by atoms with E-state index in [4.69, 9.17) is 14.2 Å². The Balaban J connectivity index is 1.39. The van der Waals surface area contributed by atoms with E-state index < -0.39 is 0 Å². The molecule has 1 heterocycles. The fraction of sp³-hybridized carbons (Fsp3) is 0.423. The third-order valence-corrected chi connectivity index (χ3v) is 6.40. The Hall–Kier alpha value is -2.99. The van der Waals surface area contributed by atoms with Gasteiger partial charge in [0.2, 0.25) is 11.7 Å². The van der Waals surface area contributed by atoms with Gasteiger partial charge < -0.3 is 19.5 Å². The molecule has 1 aliphatic heterocycles. The summed E-state index contributed by atoms with van der Waals surface area (Å²) in [5.74, 6) is 1.92. The maximum Gasteiger partial charge on any atom is 0.247 e. The van der Waals surface area contributed by atoms with Crippen LogP contribution in [0.1, 0.15) is 36.0 Å². The SMILES string of the molecule is COc1cc2c(c(OC)c1OC)CCC(C(=O)NC1CCN(Cc3ccccc3)CC1)=C2. The first-order valence-corrected chi connectivity index (χ1v) is 11.2. The molecule has 0 saturated carbocycles. The van der Waals surface area contributed by atoms with Gasteiger partial charge in [-0.3, -0.25) is 9.69 Å². The van der Waals surface area contributed by atoms with E-state index in [1.807, 2.05) is 18.2 Å². The summed E-state index contributed by atoms with van der Waals surface area (Å²) in [6.45, 7) is 2.96. The van der Waals surface area contributed by atoms with Crippen LogP contribution < -0.4 is 19.5 Å². The van der Waals surface area contributed by atoms with Gasteiger partial charge in [-0.05, 0) is 49.0 Å². The lowest BCUT2D eigenvalue weighted by Crippen LogP contribution is -2.44. The summed E-state index contributed by atoms with van der Waals surface area (Å²) in [7, 11) is 4.84. The molecule has 6 nitrogen and oxygen atoms in total. The molecule has 1 amide bonds. The predicted octanol–water partition coefficient (Wildman–Crippen LogP) is 3.82. The normalized spacial score (nSPS) is 16.7. The average molecular weight is 437 g/mol. The van der Waals surface area contributed by atoms with E-state index in [1.165, 1.54) is 5.56 Å². The lowest BCUT2D eigenvalue weighted by atomic mass is 9.90. The number of rotatable bonds is 7. The number of hydrogen-bond donors (Lipinski definition) is 1. The standard InChI is InChI=1S/C26H32N2O4/c1-30-23-16-20-15-19(9-10-22(20)24(31-2)25(23)32-3)26(29)27-21-11-13-28(14-12-21)17-18-7-5-4-6-8-18/h4-8,15-16,21H,9-14,17H2,1-3H3,(H,27,29). The lowest BCUT2D eigenvalue weighted by molar-refractivity contribution is -0.118. The number of fused-ring (bicyclic) bond motifs is 1. The Bertz CT molecular complexity index is 979. The maximum absolute atomic E-state index is 13.0. The molecule has 0 bridgehead atoms. The highest BCUT2D eigenvalue weighted by Crippen LogP contribution is 2.44. The van der Waals surface area contributed by atoms with Gasteiger partial charge in [-0.15, -0.1) is 0 Å². The summed E-state index contributed by atoms with van der Waals surface area (Å²) >= 11 is 0. The molecule has 1 aliphatic carbocycles. The smallest absolute Gasteiger partial charge is 0.247 e. The van der Waals surface area contributed by atoms with Gasteiger partial charge in [-0.1, -0.05) is 30.3 Å². The van der Waals surface area contributed by atoms with Crippen molar-refractivity contribution in [3.63, 3.8) is 0 Å². The van der Waals surface area contributed by atoms with E-state index in [2.05, 4.69) is 34.5 Å². The van der Waals surface area contributed by atoms with E-state index in [9.17, 15) is 4.79 Å². The van der Waals surface area contributed by atoms with Crippen molar-refractivity contribution < 1.29 is 19.0 Å². The molecule has 170 valence electrons. The number of nitrogens with one attached hydrogen (secondary N) is 1. The molecule has 2 aliphatic rings. The third-order valence-electron chi connectivity index (χ3n) is 6.40. The van der Waals surface area contributed by atoms with Crippen LogP contribution in [0.4, 0.5) is 0 Å². The number of methoxy groups -OCH3 is 3. The number of carbonyl (C=O) groups is 1. The number of likely N-dealkylation sites (tertiary alicyclic amines) is 1. The van der Waals surface area contributed by atoms with Gasteiger partial charge in [0.25, 0.3) is 0 Å². The molecule has 0 spiro atoms. The molecule has 0 unspecified atom stereocenters. The lowest BCUT2D eigenvalue weighted by Gasteiger charge is -2.32. The van der Waals surface area contributed by atoms with Crippen molar-refractivity contribution in [1.82, 2.24) is 10.2 Å². The Labute approximate surface area is 190 Å². The van der Waals surface area contributed by atoms with Crippen molar-refractivity contribution >= 4 is 12.0 Å². The molecule has 0 aromatic heterocycles. The molecule has 32 heavy (non-hydrogen) atoms. The van der Waals surface area contributed by atoms with E-state index in [0.29, 0.717) is 23.7 Å². The van der Waals surface area contributed by atoms with Crippen LogP contribution in [-0.4, -0.2) is 51.3 Å². The Morgan fingerprint density at radius 2 is 1.72 bits per heavy atom. The summed E-state index contributed by atoms with van der Waals surface area (Å²) in [6.07, 6.45) is 5.32. The van der Waals surface area contributed by atoms with Gasteiger partial charge in [-0.2, -0.15) is 0 Å². The summed E-state index contributed by atoms with van der Waals surface area (Å²) in [6, 6.07) is 12.7. The first kappa shape index (κ1) is 22.2. The first-order chi connectivity index (χ1) is 15.6. The largest absolute Gasteiger partial charge is 0.493 e. The third kappa shape index (κ3) is 4.75. The number of piperidine rings is 1. The summed E-state index contributed by atoms with van der Waals surface area (Å²) in [5.41, 5.74) is 4.14.